The number of carboxylic acid groups (broad SMARTS) is 1. The van der Waals surface area contributed by atoms with Gasteiger partial charge in [-0.25, -0.2) is 24.5 Å². The number of rotatable bonds is 11. The maximum atomic E-state index is 13.5. The Hall–Kier alpha value is -4.41. The number of aromatic nitrogens is 4. The molecule has 5 rings (SSSR count). The number of likely N-dealkylation sites (tertiary alicyclic amines) is 1. The molecule has 0 aromatic carbocycles. The number of alkyl halides is 3. The number of carbonyl (C=O) groups is 2. The summed E-state index contributed by atoms with van der Waals surface area (Å²) in [6, 6.07) is 2.20. The van der Waals surface area contributed by atoms with Crippen LogP contribution in [0.5, 0.6) is 0 Å². The molecule has 12 nitrogen and oxygen atoms in total. The molecular formula is C32H37F3N8O4S. The molecule has 16 heteroatoms. The average molecular weight is 687 g/mol. The van der Waals surface area contributed by atoms with Crippen molar-refractivity contribution in [2.24, 2.45) is 0 Å². The zero-order valence-corrected chi connectivity index (χ0v) is 27.6. The normalized spacial score (nSPS) is 15.6. The quantitative estimate of drug-likeness (QED) is 0.188. The van der Waals surface area contributed by atoms with E-state index in [9.17, 15) is 32.7 Å². The highest BCUT2D eigenvalue weighted by atomic mass is 32.1. The Kier molecular flexibility index (Phi) is 10.8. The number of hydrogen-bond acceptors (Lipinski definition) is 9. The maximum Gasteiger partial charge on any atom is 0.434 e. The molecule has 3 N–H and O–H groups in total. The van der Waals surface area contributed by atoms with E-state index in [1.165, 1.54) is 30.7 Å². The van der Waals surface area contributed by atoms with Crippen molar-refractivity contribution in [1.29, 1.82) is 0 Å². The molecule has 0 aliphatic carbocycles. The number of nitrogens with one attached hydrogen (secondary N) is 2. The van der Waals surface area contributed by atoms with Crippen LogP contribution in [0.3, 0.4) is 0 Å². The van der Waals surface area contributed by atoms with Gasteiger partial charge < -0.3 is 24.8 Å². The van der Waals surface area contributed by atoms with Crippen molar-refractivity contribution in [3.63, 3.8) is 0 Å². The molecule has 48 heavy (non-hydrogen) atoms. The van der Waals surface area contributed by atoms with Gasteiger partial charge in [0.05, 0.1) is 5.39 Å². The van der Waals surface area contributed by atoms with Gasteiger partial charge in [0.15, 0.2) is 5.69 Å². The molecule has 0 unspecified atom stereocenters. The second kappa shape index (κ2) is 14.8. The predicted molar refractivity (Wildman–Crippen MR) is 177 cm³/mol. The number of carbonyl (C=O) groups excluding carboxylic acids is 1. The first-order valence-corrected chi connectivity index (χ1v) is 16.6. The first kappa shape index (κ1) is 34.9. The van der Waals surface area contributed by atoms with E-state index >= 15 is 0 Å². The monoisotopic (exact) mass is 686 g/mol. The minimum atomic E-state index is -4.67. The van der Waals surface area contributed by atoms with Crippen molar-refractivity contribution in [2.45, 2.75) is 45.8 Å². The van der Waals surface area contributed by atoms with Crippen LogP contribution >= 0.6 is 11.3 Å². The van der Waals surface area contributed by atoms with E-state index in [0.29, 0.717) is 29.9 Å². The minimum absolute atomic E-state index is 0.00229. The molecule has 1 fully saturated rings. The number of aromatic carboxylic acids is 1. The van der Waals surface area contributed by atoms with E-state index in [2.05, 4.69) is 49.2 Å². The summed E-state index contributed by atoms with van der Waals surface area (Å²) >= 11 is 0.760. The van der Waals surface area contributed by atoms with Gasteiger partial charge >= 0.3 is 18.2 Å². The number of fused-ring (bicyclic) bond motifs is 1. The van der Waals surface area contributed by atoms with Gasteiger partial charge in [-0.1, -0.05) is 13.8 Å². The lowest BCUT2D eigenvalue weighted by Gasteiger charge is -2.35. The summed E-state index contributed by atoms with van der Waals surface area (Å²) in [7, 11) is 0. The number of halogens is 3. The highest BCUT2D eigenvalue weighted by Crippen LogP contribution is 2.39. The Labute approximate surface area is 278 Å². The van der Waals surface area contributed by atoms with Crippen LogP contribution in [0.1, 0.15) is 55.7 Å². The van der Waals surface area contributed by atoms with E-state index in [-0.39, 0.29) is 27.8 Å². The molecule has 0 saturated carbocycles. The Bertz CT molecular complexity index is 1860. The SMILES string of the molecule is CCNC(=O)Nc1cc(-c2nc(C(F)(F)F)cs2)c(-c2cnc3c(c2)c(=O)c(C(=O)O)cn3[C@H]2CCCN(CCN(CC)CC)C2)cn1. The molecular weight excluding hydrogens is 649 g/mol. The van der Waals surface area contributed by atoms with Gasteiger partial charge in [0, 0.05) is 72.9 Å². The number of thiazole rings is 1. The standard InChI is InChI=1S/C32H37F3N8O4S/c1-4-36-31(47)40-26-13-21(29-39-25(18-48-29)32(33,34)35)23(15-37-26)19-12-22-27(44)24(30(45)46)17-43(28(22)38-14-19)20-8-7-9-42(16-20)11-10-41(5-2)6-3/h12-15,17-18,20H,4-11,16H2,1-3H3,(H,45,46)(H2,36,37,40,47)/t20-/m0/s1. The Morgan fingerprint density at radius 2 is 1.90 bits per heavy atom. The molecule has 0 radical (unpaired) electrons. The Balaban J connectivity index is 1.59. The molecule has 1 aliphatic rings. The zero-order chi connectivity index (χ0) is 34.6. The van der Waals surface area contributed by atoms with Crippen LogP contribution in [-0.4, -0.2) is 92.2 Å². The maximum absolute atomic E-state index is 13.5. The lowest BCUT2D eigenvalue weighted by molar-refractivity contribution is -0.140. The number of nitrogens with zero attached hydrogens (tertiary/aromatic N) is 6. The molecule has 4 aromatic heterocycles. The highest BCUT2D eigenvalue weighted by molar-refractivity contribution is 7.13. The van der Waals surface area contributed by atoms with Crippen LogP contribution in [0.15, 0.2) is 40.9 Å². The minimum Gasteiger partial charge on any atom is -0.477 e. The van der Waals surface area contributed by atoms with Crippen LogP contribution in [-0.2, 0) is 6.18 Å². The largest absolute Gasteiger partial charge is 0.477 e. The third-order valence-electron chi connectivity index (χ3n) is 8.42. The fourth-order valence-corrected chi connectivity index (χ4v) is 6.73. The van der Waals surface area contributed by atoms with Gasteiger partial charge in [-0.3, -0.25) is 10.1 Å². The molecule has 1 saturated heterocycles. The summed E-state index contributed by atoms with van der Waals surface area (Å²) in [6.45, 7) is 11.5. The second-order valence-corrected chi connectivity index (χ2v) is 12.3. The predicted octanol–water partition coefficient (Wildman–Crippen LogP) is 5.42. The number of urea groups is 1. The molecule has 2 amide bonds. The number of likely N-dealkylation sites (N-methyl/N-ethyl adjacent to an activating group) is 1. The molecule has 5 heterocycles. The highest BCUT2D eigenvalue weighted by Gasteiger charge is 2.34. The van der Waals surface area contributed by atoms with Crippen molar-refractivity contribution in [1.82, 2.24) is 34.6 Å². The van der Waals surface area contributed by atoms with Crippen molar-refractivity contribution >= 4 is 40.2 Å². The summed E-state index contributed by atoms with van der Waals surface area (Å²) < 4.78 is 42.2. The summed E-state index contributed by atoms with van der Waals surface area (Å²) in [4.78, 5) is 55.4. The fourth-order valence-electron chi connectivity index (χ4n) is 5.88. The van der Waals surface area contributed by atoms with Crippen molar-refractivity contribution in [3.05, 3.63) is 57.6 Å². The number of amides is 2. The Morgan fingerprint density at radius 3 is 2.56 bits per heavy atom. The topological polar surface area (TPSA) is 146 Å². The molecule has 0 spiro atoms. The molecule has 0 bridgehead atoms. The van der Waals surface area contributed by atoms with Crippen molar-refractivity contribution < 1.29 is 27.9 Å². The van der Waals surface area contributed by atoms with Gasteiger partial charge in [-0.15, -0.1) is 11.3 Å². The zero-order valence-electron chi connectivity index (χ0n) is 26.8. The number of anilines is 1. The molecule has 256 valence electrons. The van der Waals surface area contributed by atoms with Gasteiger partial charge in [0.1, 0.15) is 22.0 Å². The van der Waals surface area contributed by atoms with Crippen LogP contribution in [0.4, 0.5) is 23.8 Å². The first-order valence-electron chi connectivity index (χ1n) is 15.7. The molecule has 1 aliphatic heterocycles. The van der Waals surface area contributed by atoms with Gasteiger partial charge in [0.25, 0.3) is 0 Å². The van der Waals surface area contributed by atoms with Crippen LogP contribution in [0.2, 0.25) is 0 Å². The van der Waals surface area contributed by atoms with Crippen molar-refractivity contribution in [2.75, 3.05) is 51.1 Å². The van der Waals surface area contributed by atoms with Crippen LogP contribution in [0, 0.1) is 0 Å². The molecule has 4 aromatic rings. The van der Waals surface area contributed by atoms with E-state index < -0.39 is 34.9 Å². The summed E-state index contributed by atoms with van der Waals surface area (Å²) in [5, 5.41) is 16.1. The smallest absolute Gasteiger partial charge is 0.434 e. The van der Waals surface area contributed by atoms with Gasteiger partial charge in [0.2, 0.25) is 5.43 Å². The van der Waals surface area contributed by atoms with Crippen LogP contribution in [0.25, 0.3) is 32.7 Å². The van der Waals surface area contributed by atoms with E-state index in [4.69, 9.17) is 0 Å². The van der Waals surface area contributed by atoms with Gasteiger partial charge in [-0.05, 0) is 51.5 Å². The third-order valence-corrected chi connectivity index (χ3v) is 9.29. The van der Waals surface area contributed by atoms with E-state index in [1.807, 2.05) is 0 Å². The lowest BCUT2D eigenvalue weighted by atomic mass is 10.0. The number of carboxylic acids is 1. The third kappa shape index (κ3) is 7.66. The fraction of sp³-hybridized carbons (Fsp3) is 0.438. The lowest BCUT2D eigenvalue weighted by Crippen LogP contribution is -2.41. The van der Waals surface area contributed by atoms with Crippen LogP contribution < -0.4 is 16.1 Å². The van der Waals surface area contributed by atoms with E-state index in [0.717, 1.165) is 62.3 Å². The molecule has 1 atom stereocenters. The number of piperidine rings is 1. The average Bonchev–Trinajstić information content (AvgIpc) is 3.57. The number of hydrogen-bond donors (Lipinski definition) is 3. The van der Waals surface area contributed by atoms with E-state index in [1.54, 1.807) is 11.5 Å². The summed E-state index contributed by atoms with van der Waals surface area (Å²) in [6.07, 6.45) is 1.17. The first-order chi connectivity index (χ1) is 22.9. The van der Waals surface area contributed by atoms with Crippen molar-refractivity contribution in [3.8, 4) is 21.7 Å². The summed E-state index contributed by atoms with van der Waals surface area (Å²) in [5.74, 6) is -1.31. The number of pyridine rings is 3. The summed E-state index contributed by atoms with van der Waals surface area (Å²) in [5.41, 5.74) is -1.08. The van der Waals surface area contributed by atoms with Gasteiger partial charge in [-0.2, -0.15) is 13.2 Å². The Morgan fingerprint density at radius 1 is 1.12 bits per heavy atom. The second-order valence-electron chi connectivity index (χ2n) is 11.4.